The summed E-state index contributed by atoms with van der Waals surface area (Å²) in [6.07, 6.45) is 1.79. The molecule has 1 amide bonds. The Bertz CT molecular complexity index is 972. The van der Waals surface area contributed by atoms with E-state index in [9.17, 15) is 9.18 Å². The number of carbonyl (C=O) groups is 1. The Kier molecular flexibility index (Phi) is 4.29. The Labute approximate surface area is 151 Å². The summed E-state index contributed by atoms with van der Waals surface area (Å²) >= 11 is 0. The number of hydrogen-bond donors (Lipinski definition) is 0. The normalized spacial score (nSPS) is 14.9. The lowest BCUT2D eigenvalue weighted by Gasteiger charge is -2.36. The third-order valence-electron chi connectivity index (χ3n) is 4.80. The maximum Gasteiger partial charge on any atom is 0.242 e. The summed E-state index contributed by atoms with van der Waals surface area (Å²) < 4.78 is 13.4. The molecular weight excluding hydrogens is 329 g/mol. The highest BCUT2D eigenvalue weighted by molar-refractivity contribution is 5.94. The summed E-state index contributed by atoms with van der Waals surface area (Å²) in [5.74, 6) is -0.217. The Morgan fingerprint density at radius 2 is 2.00 bits per heavy atom. The predicted octanol–water partition coefficient (Wildman–Crippen LogP) is 3.53. The van der Waals surface area contributed by atoms with Gasteiger partial charge in [-0.3, -0.25) is 9.78 Å². The molecule has 5 heteroatoms. The molecule has 1 aliphatic rings. The minimum atomic E-state index is -0.271. The van der Waals surface area contributed by atoms with E-state index in [-0.39, 0.29) is 11.7 Å². The molecule has 0 unspecified atom stereocenters. The van der Waals surface area contributed by atoms with Crippen LogP contribution < -0.4 is 4.90 Å². The van der Waals surface area contributed by atoms with Crippen molar-refractivity contribution in [3.63, 3.8) is 0 Å². The maximum atomic E-state index is 13.4. The number of nitrogens with zero attached hydrogens (tertiary/aromatic N) is 3. The summed E-state index contributed by atoms with van der Waals surface area (Å²) in [6, 6.07) is 14.6. The molecule has 1 aromatic heterocycles. The summed E-state index contributed by atoms with van der Waals surface area (Å²) in [4.78, 5) is 21.0. The van der Waals surface area contributed by atoms with Crippen LogP contribution in [0, 0.1) is 12.7 Å². The van der Waals surface area contributed by atoms with Crippen LogP contribution in [0.5, 0.6) is 0 Å². The van der Waals surface area contributed by atoms with Gasteiger partial charge in [0.1, 0.15) is 5.82 Å². The van der Waals surface area contributed by atoms with Gasteiger partial charge in [0.05, 0.1) is 12.1 Å². The second-order valence-corrected chi connectivity index (χ2v) is 6.72. The largest absolute Gasteiger partial charge is 0.360 e. The summed E-state index contributed by atoms with van der Waals surface area (Å²) in [5.41, 5.74) is 3.96. The first kappa shape index (κ1) is 16.5. The predicted molar refractivity (Wildman–Crippen MR) is 101 cm³/mol. The highest BCUT2D eigenvalue weighted by Crippen LogP contribution is 2.27. The first-order chi connectivity index (χ1) is 12.6. The van der Waals surface area contributed by atoms with E-state index in [0.29, 0.717) is 19.6 Å². The van der Waals surface area contributed by atoms with Crippen LogP contribution in [0.3, 0.4) is 0 Å². The average Bonchev–Trinajstić information content (AvgIpc) is 2.63. The minimum Gasteiger partial charge on any atom is -0.360 e. The fourth-order valence-corrected chi connectivity index (χ4v) is 3.46. The maximum absolute atomic E-state index is 13.4. The monoisotopic (exact) mass is 349 g/mol. The van der Waals surface area contributed by atoms with Gasteiger partial charge in [-0.25, -0.2) is 4.39 Å². The second kappa shape index (κ2) is 6.75. The molecule has 1 fully saturated rings. The van der Waals surface area contributed by atoms with Crippen LogP contribution >= 0.6 is 0 Å². The van der Waals surface area contributed by atoms with Crippen molar-refractivity contribution in [2.75, 3.05) is 24.5 Å². The molecule has 0 bridgehead atoms. The van der Waals surface area contributed by atoms with Crippen LogP contribution in [0.15, 0.2) is 54.7 Å². The Morgan fingerprint density at radius 3 is 2.81 bits per heavy atom. The number of piperazine rings is 1. The average molecular weight is 349 g/mol. The smallest absolute Gasteiger partial charge is 0.242 e. The molecule has 1 aliphatic heterocycles. The summed E-state index contributed by atoms with van der Waals surface area (Å²) in [5, 5.41) is 1.07. The number of aromatic nitrogens is 1. The van der Waals surface area contributed by atoms with E-state index < -0.39 is 0 Å². The summed E-state index contributed by atoms with van der Waals surface area (Å²) in [7, 11) is 0. The molecule has 26 heavy (non-hydrogen) atoms. The number of amides is 1. The molecule has 132 valence electrons. The van der Waals surface area contributed by atoms with E-state index in [4.69, 9.17) is 0 Å². The number of pyridine rings is 1. The van der Waals surface area contributed by atoms with E-state index >= 15 is 0 Å². The quantitative estimate of drug-likeness (QED) is 0.726. The molecule has 0 N–H and O–H groups in total. The van der Waals surface area contributed by atoms with Crippen molar-refractivity contribution in [1.29, 1.82) is 0 Å². The zero-order valence-corrected chi connectivity index (χ0v) is 14.7. The van der Waals surface area contributed by atoms with Crippen LogP contribution in [0.2, 0.25) is 0 Å². The van der Waals surface area contributed by atoms with Gasteiger partial charge in [0.15, 0.2) is 0 Å². The first-order valence-corrected chi connectivity index (χ1v) is 8.73. The zero-order chi connectivity index (χ0) is 18.1. The number of carbonyl (C=O) groups excluding carboxylic acids is 1. The van der Waals surface area contributed by atoms with Gasteiger partial charge in [0.2, 0.25) is 5.91 Å². The minimum absolute atomic E-state index is 0.0538. The Hall–Kier alpha value is -2.95. The van der Waals surface area contributed by atoms with E-state index in [1.54, 1.807) is 17.2 Å². The lowest BCUT2D eigenvalue weighted by atomic mass is 10.1. The van der Waals surface area contributed by atoms with E-state index in [1.807, 2.05) is 24.3 Å². The van der Waals surface area contributed by atoms with E-state index in [1.165, 1.54) is 17.7 Å². The van der Waals surface area contributed by atoms with Crippen LogP contribution in [0.25, 0.3) is 10.9 Å². The fourth-order valence-electron chi connectivity index (χ4n) is 3.46. The molecular formula is C21H20FN3O. The first-order valence-electron chi connectivity index (χ1n) is 8.73. The highest BCUT2D eigenvalue weighted by atomic mass is 19.1. The molecule has 1 saturated heterocycles. The second-order valence-electron chi connectivity index (χ2n) is 6.72. The zero-order valence-electron chi connectivity index (χ0n) is 14.7. The number of anilines is 1. The highest BCUT2D eigenvalue weighted by Gasteiger charge is 2.25. The van der Waals surface area contributed by atoms with Crippen molar-refractivity contribution >= 4 is 22.5 Å². The van der Waals surface area contributed by atoms with Gasteiger partial charge >= 0.3 is 0 Å². The third-order valence-corrected chi connectivity index (χ3v) is 4.80. The molecule has 0 aliphatic carbocycles. The Balaban J connectivity index is 1.54. The molecule has 3 aromatic rings. The van der Waals surface area contributed by atoms with Crippen LogP contribution in [0.1, 0.15) is 11.1 Å². The Morgan fingerprint density at radius 1 is 1.12 bits per heavy atom. The molecule has 0 radical (unpaired) electrons. The lowest BCUT2D eigenvalue weighted by Crippen LogP contribution is -2.50. The van der Waals surface area contributed by atoms with Gasteiger partial charge in [-0.2, -0.15) is 0 Å². The lowest BCUT2D eigenvalue weighted by molar-refractivity contribution is -0.131. The van der Waals surface area contributed by atoms with Gasteiger partial charge in [-0.05, 0) is 42.8 Å². The molecule has 2 aromatic carbocycles. The number of fused-ring (bicyclic) bond motifs is 1. The SMILES string of the molecule is Cc1ccc2nccc(N3CCN(Cc4cccc(F)c4)C(=O)C3)c2c1. The molecule has 0 spiro atoms. The van der Waals surface area contributed by atoms with Crippen LogP contribution in [-0.2, 0) is 11.3 Å². The third kappa shape index (κ3) is 3.25. The van der Waals surface area contributed by atoms with E-state index in [2.05, 4.69) is 22.9 Å². The standard InChI is InChI=1S/C21H20FN3O/c1-15-5-6-19-18(11-15)20(7-8-23-19)24-9-10-25(21(26)14-24)13-16-3-2-4-17(22)12-16/h2-8,11-12H,9-10,13-14H2,1H3. The molecule has 2 heterocycles. The molecule has 4 nitrogen and oxygen atoms in total. The van der Waals surface area contributed by atoms with Crippen molar-refractivity contribution in [1.82, 2.24) is 9.88 Å². The van der Waals surface area contributed by atoms with Crippen molar-refractivity contribution in [2.24, 2.45) is 0 Å². The number of rotatable bonds is 3. The van der Waals surface area contributed by atoms with Crippen LogP contribution in [0.4, 0.5) is 10.1 Å². The molecule has 0 atom stereocenters. The number of halogens is 1. The van der Waals surface area contributed by atoms with Gasteiger partial charge < -0.3 is 9.80 Å². The number of hydrogen-bond acceptors (Lipinski definition) is 3. The van der Waals surface area contributed by atoms with Gasteiger partial charge in [-0.15, -0.1) is 0 Å². The van der Waals surface area contributed by atoms with Gasteiger partial charge in [0.25, 0.3) is 0 Å². The molecule has 4 rings (SSSR count). The van der Waals surface area contributed by atoms with Gasteiger partial charge in [0, 0.05) is 36.9 Å². The topological polar surface area (TPSA) is 36.4 Å². The fraction of sp³-hybridized carbons (Fsp3) is 0.238. The van der Waals surface area contributed by atoms with Gasteiger partial charge in [-0.1, -0.05) is 23.8 Å². The van der Waals surface area contributed by atoms with Crippen molar-refractivity contribution in [3.05, 3.63) is 71.7 Å². The van der Waals surface area contributed by atoms with Crippen molar-refractivity contribution in [3.8, 4) is 0 Å². The molecule has 0 saturated carbocycles. The van der Waals surface area contributed by atoms with Crippen LogP contribution in [-0.4, -0.2) is 35.4 Å². The number of benzene rings is 2. The van der Waals surface area contributed by atoms with E-state index in [0.717, 1.165) is 28.7 Å². The summed E-state index contributed by atoms with van der Waals surface area (Å²) in [6.45, 7) is 4.18. The number of aryl methyl sites for hydroxylation is 1. The van der Waals surface area contributed by atoms with Crippen molar-refractivity contribution < 1.29 is 9.18 Å². The van der Waals surface area contributed by atoms with Crippen molar-refractivity contribution in [2.45, 2.75) is 13.5 Å².